The van der Waals surface area contributed by atoms with E-state index in [0.717, 1.165) is 0 Å². The lowest BCUT2D eigenvalue weighted by atomic mass is 10.1. The smallest absolute Gasteiger partial charge is 0.239 e. The Hall–Kier alpha value is -1.63. The van der Waals surface area contributed by atoms with E-state index in [1.807, 2.05) is 13.8 Å². The van der Waals surface area contributed by atoms with Gasteiger partial charge in [0.05, 0.1) is 18.7 Å². The van der Waals surface area contributed by atoms with Crippen molar-refractivity contribution >= 4 is 23.4 Å². The summed E-state index contributed by atoms with van der Waals surface area (Å²) in [6.07, 6.45) is -0.838. The zero-order valence-electron chi connectivity index (χ0n) is 12.7. The van der Waals surface area contributed by atoms with Gasteiger partial charge >= 0.3 is 0 Å². The second-order valence-electron chi connectivity index (χ2n) is 5.36. The minimum Gasteiger partial charge on any atom is -0.387 e. The summed E-state index contributed by atoms with van der Waals surface area (Å²) in [7, 11) is 0. The van der Waals surface area contributed by atoms with Crippen molar-refractivity contribution in [3.8, 4) is 0 Å². The lowest BCUT2D eigenvalue weighted by Gasteiger charge is -2.16. The second-order valence-corrected chi connectivity index (χ2v) is 5.80. The molecule has 0 radical (unpaired) electrons. The number of hydrogen-bond acceptors (Lipinski definition) is 4. The summed E-state index contributed by atoms with van der Waals surface area (Å²) in [4.78, 5) is 23.2. The number of aliphatic hydroxyl groups excluding tert-OH is 1. The SMILES string of the molecule is CC(C)[C@H](N)C(=O)NCC(=O)NCC(O)c1ccc(Cl)cc1. The van der Waals surface area contributed by atoms with Crippen molar-refractivity contribution in [1.29, 1.82) is 0 Å². The second kappa shape index (κ2) is 8.73. The Morgan fingerprint density at radius 2 is 1.82 bits per heavy atom. The molecular weight excluding hydrogens is 306 g/mol. The highest BCUT2D eigenvalue weighted by Crippen LogP contribution is 2.15. The number of carbonyl (C=O) groups is 2. The van der Waals surface area contributed by atoms with Crippen molar-refractivity contribution in [3.05, 3.63) is 34.9 Å². The van der Waals surface area contributed by atoms with Crippen LogP contribution in [0.15, 0.2) is 24.3 Å². The molecule has 1 rings (SSSR count). The molecule has 1 aromatic rings. The third kappa shape index (κ3) is 6.01. The number of hydrogen-bond donors (Lipinski definition) is 4. The van der Waals surface area contributed by atoms with Crippen LogP contribution in [0.2, 0.25) is 5.02 Å². The first-order valence-corrected chi connectivity index (χ1v) is 7.42. The summed E-state index contributed by atoms with van der Waals surface area (Å²) < 4.78 is 0. The maximum Gasteiger partial charge on any atom is 0.239 e. The van der Waals surface area contributed by atoms with Gasteiger partial charge in [0.15, 0.2) is 0 Å². The third-order valence-electron chi connectivity index (χ3n) is 3.19. The molecule has 5 N–H and O–H groups in total. The van der Waals surface area contributed by atoms with Crippen LogP contribution in [0, 0.1) is 5.92 Å². The van der Waals surface area contributed by atoms with Crippen LogP contribution < -0.4 is 16.4 Å². The van der Waals surface area contributed by atoms with Gasteiger partial charge in [0.25, 0.3) is 0 Å². The first kappa shape index (κ1) is 18.4. The number of halogens is 1. The monoisotopic (exact) mass is 327 g/mol. The molecule has 0 saturated carbocycles. The van der Waals surface area contributed by atoms with E-state index in [2.05, 4.69) is 10.6 Å². The molecule has 0 heterocycles. The van der Waals surface area contributed by atoms with Crippen LogP contribution in [0.3, 0.4) is 0 Å². The number of aliphatic hydroxyl groups is 1. The van der Waals surface area contributed by atoms with Gasteiger partial charge in [-0.2, -0.15) is 0 Å². The van der Waals surface area contributed by atoms with Crippen LogP contribution in [-0.4, -0.2) is 36.1 Å². The first-order chi connectivity index (χ1) is 10.3. The predicted octanol–water partition coefficient (Wildman–Crippen LogP) is 0.589. The zero-order chi connectivity index (χ0) is 16.7. The molecule has 1 aromatic carbocycles. The lowest BCUT2D eigenvalue weighted by molar-refractivity contribution is -0.127. The molecule has 0 spiro atoms. The van der Waals surface area contributed by atoms with Crippen LogP contribution in [0.5, 0.6) is 0 Å². The van der Waals surface area contributed by atoms with E-state index in [9.17, 15) is 14.7 Å². The van der Waals surface area contributed by atoms with Gasteiger partial charge in [0.1, 0.15) is 0 Å². The van der Waals surface area contributed by atoms with Crippen LogP contribution in [0.1, 0.15) is 25.5 Å². The average Bonchev–Trinajstić information content (AvgIpc) is 2.49. The number of amides is 2. The van der Waals surface area contributed by atoms with E-state index in [4.69, 9.17) is 17.3 Å². The number of nitrogens with two attached hydrogens (primary N) is 1. The van der Waals surface area contributed by atoms with Gasteiger partial charge in [-0.1, -0.05) is 37.6 Å². The Balaban J connectivity index is 2.34. The summed E-state index contributed by atoms with van der Waals surface area (Å²) >= 11 is 5.76. The Bertz CT molecular complexity index is 505. The van der Waals surface area contributed by atoms with Gasteiger partial charge < -0.3 is 21.5 Å². The highest BCUT2D eigenvalue weighted by Gasteiger charge is 2.17. The largest absolute Gasteiger partial charge is 0.387 e. The fourth-order valence-corrected chi connectivity index (χ4v) is 1.79. The van der Waals surface area contributed by atoms with Gasteiger partial charge in [0.2, 0.25) is 11.8 Å². The molecule has 0 aliphatic heterocycles. The summed E-state index contributed by atoms with van der Waals surface area (Å²) in [5.41, 5.74) is 6.31. The number of rotatable bonds is 7. The molecule has 122 valence electrons. The van der Waals surface area contributed by atoms with Crippen molar-refractivity contribution in [3.63, 3.8) is 0 Å². The standard InChI is InChI=1S/C15H22ClN3O3/c1-9(2)14(17)15(22)19-8-13(21)18-7-12(20)10-3-5-11(16)6-4-10/h3-6,9,12,14,20H,7-8,17H2,1-2H3,(H,18,21)(H,19,22)/t12?,14-/m0/s1. The molecule has 2 atom stereocenters. The van der Waals surface area contributed by atoms with Gasteiger partial charge in [-0.15, -0.1) is 0 Å². The summed E-state index contributed by atoms with van der Waals surface area (Å²) in [5.74, 6) is -0.768. The van der Waals surface area contributed by atoms with E-state index in [1.165, 1.54) is 0 Å². The average molecular weight is 328 g/mol. The van der Waals surface area contributed by atoms with Gasteiger partial charge in [-0.25, -0.2) is 0 Å². The number of benzene rings is 1. The molecule has 2 amide bonds. The lowest BCUT2D eigenvalue weighted by Crippen LogP contribution is -2.47. The van der Waals surface area contributed by atoms with Crippen molar-refractivity contribution in [1.82, 2.24) is 10.6 Å². The maximum atomic E-state index is 11.6. The highest BCUT2D eigenvalue weighted by molar-refractivity contribution is 6.30. The van der Waals surface area contributed by atoms with E-state index in [1.54, 1.807) is 24.3 Å². The zero-order valence-corrected chi connectivity index (χ0v) is 13.4. The first-order valence-electron chi connectivity index (χ1n) is 7.04. The quantitative estimate of drug-likeness (QED) is 0.588. The van der Waals surface area contributed by atoms with Crippen LogP contribution in [0.4, 0.5) is 0 Å². The molecule has 0 aromatic heterocycles. The van der Waals surface area contributed by atoms with Crippen LogP contribution >= 0.6 is 11.6 Å². The fraction of sp³-hybridized carbons (Fsp3) is 0.467. The molecule has 6 nitrogen and oxygen atoms in total. The molecule has 0 aliphatic carbocycles. The predicted molar refractivity (Wildman–Crippen MR) is 85.2 cm³/mol. The van der Waals surface area contributed by atoms with Gasteiger partial charge in [-0.05, 0) is 23.6 Å². The van der Waals surface area contributed by atoms with E-state index >= 15 is 0 Å². The summed E-state index contributed by atoms with van der Waals surface area (Å²) in [5, 5.41) is 15.5. The molecule has 0 saturated heterocycles. The Kier molecular flexibility index (Phi) is 7.31. The normalized spacial score (nSPS) is 13.5. The summed E-state index contributed by atoms with van der Waals surface area (Å²) in [6, 6.07) is 6.04. The number of nitrogens with one attached hydrogen (secondary N) is 2. The molecular formula is C15H22ClN3O3. The highest BCUT2D eigenvalue weighted by atomic mass is 35.5. The topological polar surface area (TPSA) is 104 Å². The van der Waals surface area contributed by atoms with E-state index in [0.29, 0.717) is 10.6 Å². The van der Waals surface area contributed by atoms with Crippen LogP contribution in [-0.2, 0) is 9.59 Å². The van der Waals surface area contributed by atoms with Crippen molar-refractivity contribution in [2.45, 2.75) is 26.0 Å². The molecule has 7 heteroatoms. The van der Waals surface area contributed by atoms with E-state index in [-0.39, 0.29) is 24.9 Å². The molecule has 22 heavy (non-hydrogen) atoms. The maximum absolute atomic E-state index is 11.6. The Labute approximate surface area is 135 Å². The molecule has 0 fully saturated rings. The Morgan fingerprint density at radius 3 is 2.36 bits per heavy atom. The fourth-order valence-electron chi connectivity index (χ4n) is 1.66. The third-order valence-corrected chi connectivity index (χ3v) is 3.44. The minimum atomic E-state index is -0.838. The van der Waals surface area contributed by atoms with E-state index < -0.39 is 18.1 Å². The van der Waals surface area contributed by atoms with Crippen molar-refractivity contribution in [2.24, 2.45) is 11.7 Å². The van der Waals surface area contributed by atoms with Gasteiger partial charge in [0, 0.05) is 11.6 Å². The number of carbonyl (C=O) groups excluding carboxylic acids is 2. The van der Waals surface area contributed by atoms with Crippen molar-refractivity contribution in [2.75, 3.05) is 13.1 Å². The molecule has 1 unspecified atom stereocenters. The molecule has 0 aliphatic rings. The van der Waals surface area contributed by atoms with Crippen molar-refractivity contribution < 1.29 is 14.7 Å². The summed E-state index contributed by atoms with van der Waals surface area (Å²) in [6.45, 7) is 3.53. The molecule has 0 bridgehead atoms. The van der Waals surface area contributed by atoms with Gasteiger partial charge in [-0.3, -0.25) is 9.59 Å². The Morgan fingerprint density at radius 1 is 1.23 bits per heavy atom. The van der Waals surface area contributed by atoms with Crippen LogP contribution in [0.25, 0.3) is 0 Å². The minimum absolute atomic E-state index is 0.00483.